The number of fused-ring (bicyclic) bond motifs is 1. The number of primary amides is 1. The quantitative estimate of drug-likeness (QED) is 0.212. The minimum absolute atomic E-state index is 0.00799. The molecule has 5 rings (SSSR count). The number of nitrogens with one attached hydrogen (secondary N) is 4. The summed E-state index contributed by atoms with van der Waals surface area (Å²) in [5, 5.41) is 8.20. The van der Waals surface area contributed by atoms with Gasteiger partial charge in [0, 0.05) is 6.54 Å². The number of piperidine rings is 1. The van der Waals surface area contributed by atoms with Crippen LogP contribution in [-0.2, 0) is 34.0 Å². The summed E-state index contributed by atoms with van der Waals surface area (Å²) < 4.78 is 28.2. The maximum absolute atomic E-state index is 14.3. The maximum atomic E-state index is 14.3. The Morgan fingerprint density at radius 3 is 2.10 bits per heavy atom. The molecule has 0 radical (unpaired) electrons. The van der Waals surface area contributed by atoms with Crippen molar-refractivity contribution in [3.8, 4) is 0 Å². The molecule has 1 unspecified atom stereocenters. The molecule has 1 aliphatic heterocycles. The Morgan fingerprint density at radius 1 is 0.939 bits per heavy atom. The summed E-state index contributed by atoms with van der Waals surface area (Å²) in [4.78, 5) is 81.2. The number of urea groups is 1. The van der Waals surface area contributed by atoms with Crippen LogP contribution in [0.2, 0.25) is 0 Å². The highest BCUT2D eigenvalue weighted by Gasteiger charge is 2.70. The lowest BCUT2D eigenvalue weighted by Crippen LogP contribution is -2.65. The number of benzene rings is 1. The zero-order valence-electron chi connectivity index (χ0n) is 28.7. The minimum Gasteiger partial charge on any atom is -0.363 e. The summed E-state index contributed by atoms with van der Waals surface area (Å²) in [6, 6.07) is 3.48. The van der Waals surface area contributed by atoms with E-state index >= 15 is 0 Å². The van der Waals surface area contributed by atoms with E-state index in [1.807, 2.05) is 13.8 Å². The molecule has 0 bridgehead atoms. The van der Waals surface area contributed by atoms with Gasteiger partial charge in [0.15, 0.2) is 0 Å². The summed E-state index contributed by atoms with van der Waals surface area (Å²) in [5.41, 5.74) is 2.63. The van der Waals surface area contributed by atoms with Gasteiger partial charge in [0.1, 0.15) is 23.7 Å². The van der Waals surface area contributed by atoms with Gasteiger partial charge >= 0.3 is 6.03 Å². The number of rotatable bonds is 11. The average molecular weight is 701 g/mol. The lowest BCUT2D eigenvalue weighted by molar-refractivity contribution is -0.145. The van der Waals surface area contributed by atoms with Gasteiger partial charge in [-0.25, -0.2) is 17.9 Å². The van der Waals surface area contributed by atoms with Crippen molar-refractivity contribution >= 4 is 45.5 Å². The minimum atomic E-state index is -4.22. The molecule has 0 spiro atoms. The van der Waals surface area contributed by atoms with Gasteiger partial charge in [-0.15, -0.1) is 0 Å². The van der Waals surface area contributed by atoms with Crippen LogP contribution >= 0.6 is 0 Å². The van der Waals surface area contributed by atoms with E-state index in [1.54, 1.807) is 26.8 Å². The standard InChI is InChI=1S/C34H48N6O8S/c1-32(2,3)26(37-31(46)38-34(16-10-7-11-17-34)30(45)39-49(47,48)20-12-8-6-9-13-20)29(44)40-18-21-22(33(21,4)5)24(40)28(43)36-23(19-14-15-19)25(41)27(35)42/h6,8-9,12-13,19,21-24,26H,7,10-11,14-18H2,1-5H3,(H2,35,42)(H,36,43)(H,39,45)(H2,37,38,46)/t21-,22-,23?,24-,26+/m0/s1. The summed E-state index contributed by atoms with van der Waals surface area (Å²) >= 11 is 0. The number of hydrogen-bond donors (Lipinski definition) is 5. The molecular weight excluding hydrogens is 652 g/mol. The lowest BCUT2D eigenvalue weighted by Gasteiger charge is -2.40. The van der Waals surface area contributed by atoms with E-state index in [2.05, 4.69) is 20.7 Å². The summed E-state index contributed by atoms with van der Waals surface area (Å²) in [7, 11) is -4.22. The van der Waals surface area contributed by atoms with Crippen molar-refractivity contribution in [3.05, 3.63) is 30.3 Å². The molecule has 6 N–H and O–H groups in total. The van der Waals surface area contributed by atoms with Crippen LogP contribution in [0.15, 0.2) is 35.2 Å². The number of nitrogens with zero attached hydrogens (tertiary/aromatic N) is 1. The second kappa shape index (κ2) is 13.0. The molecule has 4 aliphatic rings. The fraction of sp³-hybridized carbons (Fsp3) is 0.647. The largest absolute Gasteiger partial charge is 0.363 e. The highest BCUT2D eigenvalue weighted by atomic mass is 32.2. The predicted molar refractivity (Wildman–Crippen MR) is 178 cm³/mol. The third kappa shape index (κ3) is 7.31. The van der Waals surface area contributed by atoms with Crippen LogP contribution in [0.1, 0.15) is 79.6 Å². The van der Waals surface area contributed by atoms with E-state index in [0.717, 1.165) is 6.42 Å². The topological polar surface area (TPSA) is 214 Å². The van der Waals surface area contributed by atoms with E-state index in [-0.39, 0.29) is 47.5 Å². The molecule has 4 fully saturated rings. The van der Waals surface area contributed by atoms with Crippen LogP contribution in [-0.4, -0.2) is 79.0 Å². The fourth-order valence-corrected chi connectivity index (χ4v) is 8.75. The third-order valence-electron chi connectivity index (χ3n) is 10.8. The Morgan fingerprint density at radius 2 is 1.55 bits per heavy atom. The first-order valence-electron chi connectivity index (χ1n) is 17.0. The monoisotopic (exact) mass is 700 g/mol. The van der Waals surface area contributed by atoms with Gasteiger partial charge in [0.2, 0.25) is 17.6 Å². The van der Waals surface area contributed by atoms with Crippen molar-refractivity contribution in [2.75, 3.05) is 6.54 Å². The molecule has 15 heteroatoms. The Balaban J connectivity index is 1.34. The van der Waals surface area contributed by atoms with Gasteiger partial charge in [0.05, 0.1) is 4.90 Å². The normalized spacial score (nSPS) is 25.2. The average Bonchev–Trinajstić information content (AvgIpc) is 3.91. The first kappa shape index (κ1) is 36.3. The van der Waals surface area contributed by atoms with Gasteiger partial charge in [0.25, 0.3) is 21.8 Å². The van der Waals surface area contributed by atoms with Crippen molar-refractivity contribution in [1.29, 1.82) is 0 Å². The molecule has 1 saturated heterocycles. The van der Waals surface area contributed by atoms with E-state index in [0.29, 0.717) is 25.7 Å². The van der Waals surface area contributed by atoms with E-state index in [1.165, 1.54) is 29.2 Å². The number of carbonyl (C=O) groups excluding carboxylic acids is 6. The third-order valence-corrected chi connectivity index (χ3v) is 12.2. The molecule has 3 saturated carbocycles. The van der Waals surface area contributed by atoms with Crippen molar-refractivity contribution in [3.63, 3.8) is 0 Å². The van der Waals surface area contributed by atoms with Gasteiger partial charge in [-0.1, -0.05) is 72.1 Å². The number of ketones is 1. The number of likely N-dealkylation sites (tertiary alicyclic amines) is 1. The van der Waals surface area contributed by atoms with Gasteiger partial charge in [-0.2, -0.15) is 0 Å². The number of Topliss-reactive ketones (excluding diaryl/α,β-unsaturated/α-hetero) is 1. The molecule has 14 nitrogen and oxygen atoms in total. The number of hydrogen-bond acceptors (Lipinski definition) is 8. The van der Waals surface area contributed by atoms with Gasteiger partial charge < -0.3 is 26.6 Å². The molecule has 3 aliphatic carbocycles. The zero-order chi connectivity index (χ0) is 36.1. The second-order valence-electron chi connectivity index (χ2n) is 15.7. The van der Waals surface area contributed by atoms with Crippen LogP contribution in [0.4, 0.5) is 4.79 Å². The number of sulfonamides is 1. The molecule has 1 aromatic carbocycles. The van der Waals surface area contributed by atoms with Crippen molar-refractivity contribution in [2.24, 2.45) is 34.3 Å². The lowest BCUT2D eigenvalue weighted by atomic mass is 9.81. The van der Waals surface area contributed by atoms with Gasteiger partial charge in [-0.3, -0.25) is 24.0 Å². The van der Waals surface area contributed by atoms with Crippen LogP contribution in [0.5, 0.6) is 0 Å². The molecular formula is C34H48N6O8S. The first-order chi connectivity index (χ1) is 22.8. The molecule has 6 amide bonds. The molecule has 49 heavy (non-hydrogen) atoms. The zero-order valence-corrected chi connectivity index (χ0v) is 29.5. The Bertz CT molecular complexity index is 1630. The Labute approximate surface area is 287 Å². The second-order valence-corrected chi connectivity index (χ2v) is 17.4. The van der Waals surface area contributed by atoms with Crippen LogP contribution in [0.3, 0.4) is 0 Å². The van der Waals surface area contributed by atoms with Crippen molar-refractivity contribution in [1.82, 2.24) is 25.6 Å². The van der Waals surface area contributed by atoms with E-state index in [9.17, 15) is 37.2 Å². The predicted octanol–water partition coefficient (Wildman–Crippen LogP) is 1.34. The Kier molecular flexibility index (Phi) is 9.65. The molecule has 268 valence electrons. The van der Waals surface area contributed by atoms with Crippen LogP contribution in [0.25, 0.3) is 0 Å². The van der Waals surface area contributed by atoms with E-state index < -0.39 is 74.5 Å². The molecule has 1 heterocycles. The number of carbonyl (C=O) groups is 6. The van der Waals surface area contributed by atoms with Crippen LogP contribution < -0.4 is 26.4 Å². The van der Waals surface area contributed by atoms with Crippen molar-refractivity contribution in [2.45, 2.75) is 108 Å². The summed E-state index contributed by atoms with van der Waals surface area (Å²) in [6.45, 7) is 9.56. The van der Waals surface area contributed by atoms with Crippen molar-refractivity contribution < 1.29 is 37.2 Å². The smallest absolute Gasteiger partial charge is 0.316 e. The van der Waals surface area contributed by atoms with E-state index in [4.69, 9.17) is 5.73 Å². The highest BCUT2D eigenvalue weighted by Crippen LogP contribution is 2.65. The number of amides is 6. The molecule has 5 atom stereocenters. The summed E-state index contributed by atoms with van der Waals surface area (Å²) in [6.07, 6.45) is 3.67. The fourth-order valence-electron chi connectivity index (χ4n) is 7.67. The van der Waals surface area contributed by atoms with Gasteiger partial charge in [-0.05, 0) is 66.4 Å². The summed E-state index contributed by atoms with van der Waals surface area (Å²) in [5.74, 6) is -4.32. The Hall–Kier alpha value is -4.01. The first-order valence-corrected chi connectivity index (χ1v) is 18.4. The molecule has 0 aromatic heterocycles. The van der Waals surface area contributed by atoms with Crippen LogP contribution in [0, 0.1) is 28.6 Å². The highest BCUT2D eigenvalue weighted by molar-refractivity contribution is 7.90. The maximum Gasteiger partial charge on any atom is 0.316 e. The SMILES string of the molecule is CC(C)(C)[C@H](NC(=O)NC1(C(=O)NS(=O)(=O)c2ccccc2)CCCCC1)C(=O)N1C[C@H]2[C@@H]([C@H]1C(=O)NC(C(=O)C(N)=O)C1CC1)C2(C)C. The number of nitrogens with two attached hydrogens (primary N) is 1. The molecule has 1 aromatic rings.